The van der Waals surface area contributed by atoms with Crippen LogP contribution < -0.4 is 0 Å². The number of hydrogen-bond acceptors (Lipinski definition) is 1. The van der Waals surface area contributed by atoms with Gasteiger partial charge in [0.15, 0.2) is 0 Å². The van der Waals surface area contributed by atoms with Gasteiger partial charge in [-0.2, -0.15) is 0 Å². The van der Waals surface area contributed by atoms with Crippen molar-refractivity contribution < 1.29 is 0 Å². The van der Waals surface area contributed by atoms with Crippen molar-refractivity contribution in [2.24, 2.45) is 4.99 Å². The molecule has 2 heteroatoms. The van der Waals surface area contributed by atoms with E-state index in [0.29, 0.717) is 0 Å². The lowest BCUT2D eigenvalue weighted by atomic mass is 10.7. The minimum atomic E-state index is -1.14. The molecule has 58 valence electrons. The Morgan fingerprint density at radius 1 is 1.50 bits per heavy atom. The van der Waals surface area contributed by atoms with Gasteiger partial charge in [-0.05, 0) is 12.1 Å². The van der Waals surface area contributed by atoms with Crippen LogP contribution in [0, 0.1) is 0 Å². The number of allylic oxidation sites excluding steroid dienone is 1. The molecule has 0 aromatic rings. The Balaban J connectivity index is 3.98. The van der Waals surface area contributed by atoms with Gasteiger partial charge < -0.3 is 0 Å². The highest BCUT2D eigenvalue weighted by Crippen LogP contribution is 2.09. The van der Waals surface area contributed by atoms with Gasteiger partial charge >= 0.3 is 0 Å². The summed E-state index contributed by atoms with van der Waals surface area (Å²) >= 11 is 0. The number of rotatable bonds is 3. The molecule has 0 saturated carbocycles. The number of nitrogens with zero attached hydrogens (tertiary/aromatic N) is 1. The van der Waals surface area contributed by atoms with Gasteiger partial charge in [0.05, 0.1) is 8.07 Å². The molecule has 0 saturated heterocycles. The van der Waals surface area contributed by atoms with E-state index >= 15 is 0 Å². The Morgan fingerprint density at radius 2 is 2.00 bits per heavy atom. The second-order valence-corrected chi connectivity index (χ2v) is 8.55. The maximum atomic E-state index is 4.15. The van der Waals surface area contributed by atoms with Crippen molar-refractivity contribution in [3.63, 3.8) is 0 Å². The first-order valence-electron chi connectivity index (χ1n) is 3.67. The van der Waals surface area contributed by atoms with Crippen molar-refractivity contribution >= 4 is 14.3 Å². The third kappa shape index (κ3) is 3.61. The molecule has 10 heavy (non-hydrogen) atoms. The maximum absolute atomic E-state index is 4.15. The average Bonchev–Trinajstić information content (AvgIpc) is 1.80. The lowest BCUT2D eigenvalue weighted by molar-refractivity contribution is 1.14. The summed E-state index contributed by atoms with van der Waals surface area (Å²) < 4.78 is 0. The van der Waals surface area contributed by atoms with Crippen molar-refractivity contribution in [2.45, 2.75) is 26.6 Å². The average molecular weight is 155 g/mol. The van der Waals surface area contributed by atoms with E-state index in [0.717, 1.165) is 6.54 Å². The highest BCUT2D eigenvalue weighted by Gasteiger charge is 2.14. The normalized spacial score (nSPS) is 12.4. The summed E-state index contributed by atoms with van der Waals surface area (Å²) in [4.78, 5) is 4.15. The fourth-order valence-electron chi connectivity index (χ4n) is 0.395. The van der Waals surface area contributed by atoms with Gasteiger partial charge in [-0.3, -0.25) is 4.99 Å². The van der Waals surface area contributed by atoms with Gasteiger partial charge in [0.1, 0.15) is 0 Å². The summed E-state index contributed by atoms with van der Waals surface area (Å²) in [6.45, 7) is 13.7. The lowest BCUT2D eigenvalue weighted by Crippen LogP contribution is -2.23. The topological polar surface area (TPSA) is 12.4 Å². The highest BCUT2D eigenvalue weighted by molar-refractivity contribution is 6.86. The first kappa shape index (κ1) is 9.63. The maximum Gasteiger partial charge on any atom is 0.0788 e. The van der Waals surface area contributed by atoms with Crippen LogP contribution in [0.5, 0.6) is 0 Å². The van der Waals surface area contributed by atoms with Crippen molar-refractivity contribution in [3.8, 4) is 0 Å². The molecule has 0 amide bonds. The SMILES string of the molecule is C=C(C=NCC)[Si](C)(C)C. The van der Waals surface area contributed by atoms with Crippen molar-refractivity contribution in [2.75, 3.05) is 6.54 Å². The predicted molar refractivity (Wildman–Crippen MR) is 51.5 cm³/mol. The van der Waals surface area contributed by atoms with E-state index in [9.17, 15) is 0 Å². The number of hydrogen-bond donors (Lipinski definition) is 0. The Labute approximate surface area is 64.9 Å². The van der Waals surface area contributed by atoms with Gasteiger partial charge in [0, 0.05) is 12.8 Å². The minimum absolute atomic E-state index is 0.865. The molecule has 0 heterocycles. The van der Waals surface area contributed by atoms with Gasteiger partial charge in [-0.1, -0.05) is 26.2 Å². The summed E-state index contributed by atoms with van der Waals surface area (Å²) in [5.74, 6) is 0. The molecule has 0 spiro atoms. The molecule has 0 aliphatic carbocycles. The van der Waals surface area contributed by atoms with E-state index in [4.69, 9.17) is 0 Å². The molecule has 0 radical (unpaired) electrons. The van der Waals surface area contributed by atoms with Crippen LogP contribution >= 0.6 is 0 Å². The van der Waals surface area contributed by atoms with Crippen LogP contribution in [0.2, 0.25) is 19.6 Å². The monoisotopic (exact) mass is 155 g/mol. The van der Waals surface area contributed by atoms with Crippen LogP contribution in [0.25, 0.3) is 0 Å². The molecular weight excluding hydrogens is 138 g/mol. The van der Waals surface area contributed by atoms with E-state index in [2.05, 4.69) is 31.2 Å². The Bertz CT molecular complexity index is 142. The van der Waals surface area contributed by atoms with Crippen LogP contribution in [0.3, 0.4) is 0 Å². The Morgan fingerprint density at radius 3 is 2.30 bits per heavy atom. The van der Waals surface area contributed by atoms with Gasteiger partial charge in [0.25, 0.3) is 0 Å². The first-order chi connectivity index (χ1) is 4.48. The van der Waals surface area contributed by atoms with Crippen LogP contribution in [0.15, 0.2) is 16.8 Å². The van der Waals surface area contributed by atoms with Gasteiger partial charge in [-0.25, -0.2) is 0 Å². The van der Waals surface area contributed by atoms with Gasteiger partial charge in [-0.15, -0.1) is 0 Å². The van der Waals surface area contributed by atoms with E-state index in [1.807, 2.05) is 13.1 Å². The van der Waals surface area contributed by atoms with E-state index in [1.54, 1.807) is 0 Å². The van der Waals surface area contributed by atoms with E-state index < -0.39 is 8.07 Å². The van der Waals surface area contributed by atoms with Crippen molar-refractivity contribution in [3.05, 3.63) is 11.8 Å². The van der Waals surface area contributed by atoms with Gasteiger partial charge in [0.2, 0.25) is 0 Å². The Hall–Kier alpha value is -0.373. The molecule has 0 unspecified atom stereocenters. The second kappa shape index (κ2) is 3.71. The third-order valence-corrected chi connectivity index (χ3v) is 3.45. The van der Waals surface area contributed by atoms with Crippen LogP contribution in [-0.4, -0.2) is 20.8 Å². The zero-order valence-corrected chi connectivity index (χ0v) is 8.44. The summed E-state index contributed by atoms with van der Waals surface area (Å²) in [5.41, 5.74) is 0. The molecule has 0 aliphatic heterocycles. The highest BCUT2D eigenvalue weighted by atomic mass is 28.3. The first-order valence-corrected chi connectivity index (χ1v) is 7.17. The molecular formula is C8H17NSi. The molecule has 1 nitrogen and oxygen atoms in total. The van der Waals surface area contributed by atoms with Crippen molar-refractivity contribution in [1.82, 2.24) is 0 Å². The van der Waals surface area contributed by atoms with Crippen LogP contribution in [0.1, 0.15) is 6.92 Å². The lowest BCUT2D eigenvalue weighted by Gasteiger charge is -2.14. The number of aliphatic imine (C=N–C) groups is 1. The quantitative estimate of drug-likeness (QED) is 0.438. The summed E-state index contributed by atoms with van der Waals surface area (Å²) in [7, 11) is -1.14. The Kier molecular flexibility index (Phi) is 3.57. The molecule has 0 fully saturated rings. The van der Waals surface area contributed by atoms with Crippen LogP contribution in [0.4, 0.5) is 0 Å². The van der Waals surface area contributed by atoms with E-state index in [-0.39, 0.29) is 0 Å². The zero-order valence-electron chi connectivity index (χ0n) is 7.44. The fraction of sp³-hybridized carbons (Fsp3) is 0.625. The fourth-order valence-corrected chi connectivity index (χ4v) is 0.874. The molecule has 0 N–H and O–H groups in total. The summed E-state index contributed by atoms with van der Waals surface area (Å²) in [6.07, 6.45) is 1.92. The molecule has 0 bridgehead atoms. The largest absolute Gasteiger partial charge is 0.294 e. The second-order valence-electron chi connectivity index (χ2n) is 3.40. The van der Waals surface area contributed by atoms with Crippen LogP contribution in [-0.2, 0) is 0 Å². The minimum Gasteiger partial charge on any atom is -0.294 e. The molecule has 0 aromatic carbocycles. The standard InChI is InChI=1S/C8H17NSi/c1-6-9-7-8(2)10(3,4)5/h7H,2,6H2,1,3-5H3. The smallest absolute Gasteiger partial charge is 0.0788 e. The zero-order chi connectivity index (χ0) is 8.20. The molecule has 0 atom stereocenters. The van der Waals surface area contributed by atoms with Crippen molar-refractivity contribution in [1.29, 1.82) is 0 Å². The summed E-state index contributed by atoms with van der Waals surface area (Å²) in [5, 5.41) is 1.23. The predicted octanol–water partition coefficient (Wildman–Crippen LogP) is 2.51. The molecule has 0 aromatic heterocycles. The molecule has 0 aliphatic rings. The summed E-state index contributed by atoms with van der Waals surface area (Å²) in [6, 6.07) is 0. The third-order valence-electron chi connectivity index (χ3n) is 1.39. The van der Waals surface area contributed by atoms with E-state index in [1.165, 1.54) is 5.20 Å². The molecule has 0 rings (SSSR count).